The number of rotatable bonds is 7. The Morgan fingerprint density at radius 2 is 1.83 bits per heavy atom. The average Bonchev–Trinajstić information content (AvgIpc) is 3.12. The molecule has 0 saturated heterocycles. The molecule has 0 unspecified atom stereocenters. The lowest BCUT2D eigenvalue weighted by Gasteiger charge is -2.17. The topological polar surface area (TPSA) is 42.7 Å². The highest BCUT2D eigenvalue weighted by Gasteiger charge is 2.16. The van der Waals surface area contributed by atoms with Crippen molar-refractivity contribution >= 4 is 38.4 Å². The number of hydrogen-bond acceptors (Lipinski definition) is 3. The zero-order chi connectivity index (χ0) is 21.0. The second kappa shape index (κ2) is 9.31. The summed E-state index contributed by atoms with van der Waals surface area (Å²) in [7, 11) is 0. The third-order valence-corrected chi connectivity index (χ3v) is 5.50. The van der Waals surface area contributed by atoms with E-state index in [0.717, 1.165) is 43.5 Å². The highest BCUT2D eigenvalue weighted by Crippen LogP contribution is 2.37. The number of carbonyl (C=O) groups excluding carboxylic acids is 1. The van der Waals surface area contributed by atoms with Gasteiger partial charge in [-0.1, -0.05) is 28.1 Å². The molecule has 1 heterocycles. The molecule has 0 spiro atoms. The predicted molar refractivity (Wildman–Crippen MR) is 122 cm³/mol. The first-order chi connectivity index (χ1) is 14.0. The average molecular weight is 456 g/mol. The van der Waals surface area contributed by atoms with Gasteiger partial charge in [-0.3, -0.25) is 4.79 Å². The molecule has 0 aliphatic carbocycles. The summed E-state index contributed by atoms with van der Waals surface area (Å²) in [5, 5.41) is 0.994. The van der Waals surface area contributed by atoms with Crippen LogP contribution in [0.1, 0.15) is 33.3 Å². The Morgan fingerprint density at radius 3 is 2.45 bits per heavy atom. The molecule has 5 heteroatoms. The Bertz CT molecular complexity index is 1030. The van der Waals surface area contributed by atoms with Crippen LogP contribution in [0.25, 0.3) is 27.7 Å². The number of fused-ring (bicyclic) bond motifs is 1. The van der Waals surface area contributed by atoms with Gasteiger partial charge in [0.2, 0.25) is 5.91 Å². The third kappa shape index (κ3) is 4.56. The Kier molecular flexibility index (Phi) is 6.80. The van der Waals surface area contributed by atoms with Crippen LogP contribution >= 0.6 is 15.9 Å². The van der Waals surface area contributed by atoms with Gasteiger partial charge in [0.15, 0.2) is 0 Å². The number of carbonyl (C=O) groups is 1. The maximum absolute atomic E-state index is 12.6. The highest BCUT2D eigenvalue weighted by molar-refractivity contribution is 9.10. The molecule has 152 valence electrons. The van der Waals surface area contributed by atoms with Crippen LogP contribution < -0.4 is 4.74 Å². The van der Waals surface area contributed by atoms with E-state index in [2.05, 4.69) is 34.1 Å². The van der Waals surface area contributed by atoms with Gasteiger partial charge >= 0.3 is 0 Å². The smallest absolute Gasteiger partial charge is 0.246 e. The molecule has 3 aromatic rings. The molecule has 4 nitrogen and oxygen atoms in total. The fraction of sp³-hybridized carbons (Fsp3) is 0.292. The van der Waals surface area contributed by atoms with Gasteiger partial charge in [-0.05, 0) is 57.0 Å². The summed E-state index contributed by atoms with van der Waals surface area (Å²) in [6.45, 7) is 9.78. The first-order valence-corrected chi connectivity index (χ1v) is 10.7. The van der Waals surface area contributed by atoms with Gasteiger partial charge in [-0.2, -0.15) is 0 Å². The summed E-state index contributed by atoms with van der Waals surface area (Å²) in [4.78, 5) is 14.4. The second-order valence-electron chi connectivity index (χ2n) is 6.77. The number of hydrogen-bond donors (Lipinski definition) is 0. The van der Waals surface area contributed by atoms with Crippen molar-refractivity contribution in [1.29, 1.82) is 0 Å². The first-order valence-electron chi connectivity index (χ1n) is 9.90. The van der Waals surface area contributed by atoms with Crippen molar-refractivity contribution in [2.75, 3.05) is 19.7 Å². The minimum atomic E-state index is 0.00960. The molecule has 0 bridgehead atoms. The van der Waals surface area contributed by atoms with E-state index in [9.17, 15) is 4.79 Å². The van der Waals surface area contributed by atoms with Gasteiger partial charge < -0.3 is 14.1 Å². The van der Waals surface area contributed by atoms with E-state index in [1.54, 1.807) is 17.2 Å². The quantitative estimate of drug-likeness (QED) is 0.380. The summed E-state index contributed by atoms with van der Waals surface area (Å²) in [5.74, 6) is 0.730. The SMILES string of the molecule is CCOc1cc2occ(-c3ccc(Br)cc3)c2cc1/C(C)=C/C(=O)N(CC)CC. The second-order valence-corrected chi connectivity index (χ2v) is 7.69. The van der Waals surface area contributed by atoms with Gasteiger partial charge in [0.05, 0.1) is 12.9 Å². The summed E-state index contributed by atoms with van der Waals surface area (Å²) >= 11 is 3.48. The van der Waals surface area contributed by atoms with Crippen molar-refractivity contribution in [3.05, 3.63) is 58.8 Å². The van der Waals surface area contributed by atoms with Crippen LogP contribution in [-0.2, 0) is 4.79 Å². The minimum absolute atomic E-state index is 0.00960. The Labute approximate surface area is 180 Å². The van der Waals surface area contributed by atoms with Crippen LogP contribution in [0.4, 0.5) is 0 Å². The molecule has 3 rings (SSSR count). The largest absolute Gasteiger partial charge is 0.493 e. The molecule has 0 saturated carbocycles. The van der Waals surface area contributed by atoms with Crippen molar-refractivity contribution < 1.29 is 13.9 Å². The molecule has 0 aliphatic rings. The lowest BCUT2D eigenvalue weighted by atomic mass is 9.99. The van der Waals surface area contributed by atoms with Crippen molar-refractivity contribution in [3.8, 4) is 16.9 Å². The summed E-state index contributed by atoms with van der Waals surface area (Å²) in [5.41, 5.74) is 4.62. The van der Waals surface area contributed by atoms with E-state index in [0.29, 0.717) is 19.7 Å². The third-order valence-electron chi connectivity index (χ3n) is 4.97. The summed E-state index contributed by atoms with van der Waals surface area (Å²) < 4.78 is 12.7. The van der Waals surface area contributed by atoms with Crippen molar-refractivity contribution in [2.45, 2.75) is 27.7 Å². The molecule has 1 amide bonds. The van der Waals surface area contributed by atoms with Crippen LogP contribution in [0.5, 0.6) is 5.75 Å². The minimum Gasteiger partial charge on any atom is -0.493 e. The lowest BCUT2D eigenvalue weighted by molar-refractivity contribution is -0.125. The van der Waals surface area contributed by atoms with Crippen molar-refractivity contribution in [3.63, 3.8) is 0 Å². The van der Waals surface area contributed by atoms with Crippen LogP contribution in [0.3, 0.4) is 0 Å². The number of ether oxygens (including phenoxy) is 1. The normalized spacial score (nSPS) is 11.7. The molecule has 0 fully saturated rings. The number of halogens is 1. The fourth-order valence-corrected chi connectivity index (χ4v) is 3.64. The van der Waals surface area contributed by atoms with Gasteiger partial charge in [-0.25, -0.2) is 0 Å². The number of benzene rings is 2. The van der Waals surface area contributed by atoms with Gasteiger partial charge in [0.1, 0.15) is 11.3 Å². The number of allylic oxidation sites excluding steroid dienone is 1. The highest BCUT2D eigenvalue weighted by atomic mass is 79.9. The van der Waals surface area contributed by atoms with E-state index in [1.807, 2.05) is 45.9 Å². The van der Waals surface area contributed by atoms with E-state index < -0.39 is 0 Å². The molecular weight excluding hydrogens is 430 g/mol. The number of nitrogens with zero attached hydrogens (tertiary/aromatic N) is 1. The number of amides is 1. The Morgan fingerprint density at radius 1 is 1.14 bits per heavy atom. The van der Waals surface area contributed by atoms with Gasteiger partial charge in [0, 0.05) is 46.2 Å². The zero-order valence-corrected chi connectivity index (χ0v) is 18.9. The molecular formula is C24H26BrNO3. The van der Waals surface area contributed by atoms with Crippen LogP contribution in [-0.4, -0.2) is 30.5 Å². The van der Waals surface area contributed by atoms with Crippen LogP contribution in [0.2, 0.25) is 0 Å². The molecule has 0 N–H and O–H groups in total. The predicted octanol–water partition coefficient (Wildman–Crippen LogP) is 6.53. The molecule has 0 aliphatic heterocycles. The molecule has 2 aromatic carbocycles. The van der Waals surface area contributed by atoms with E-state index in [1.165, 1.54) is 0 Å². The zero-order valence-electron chi connectivity index (χ0n) is 17.3. The molecule has 0 radical (unpaired) electrons. The summed E-state index contributed by atoms with van der Waals surface area (Å²) in [6, 6.07) is 12.1. The molecule has 29 heavy (non-hydrogen) atoms. The van der Waals surface area contributed by atoms with Gasteiger partial charge in [-0.15, -0.1) is 0 Å². The van der Waals surface area contributed by atoms with E-state index in [4.69, 9.17) is 9.15 Å². The van der Waals surface area contributed by atoms with E-state index >= 15 is 0 Å². The van der Waals surface area contributed by atoms with Crippen molar-refractivity contribution in [1.82, 2.24) is 4.90 Å². The maximum Gasteiger partial charge on any atom is 0.246 e. The van der Waals surface area contributed by atoms with Gasteiger partial charge in [0.25, 0.3) is 0 Å². The van der Waals surface area contributed by atoms with Crippen LogP contribution in [0.15, 0.2) is 57.6 Å². The maximum atomic E-state index is 12.6. The standard InChI is InChI=1S/C24H26BrNO3/c1-5-26(6-2)24(27)12-16(4)19-13-20-21(17-8-10-18(25)11-9-17)15-29-23(20)14-22(19)28-7-3/h8-15H,5-7H2,1-4H3/b16-12+. The summed E-state index contributed by atoms with van der Waals surface area (Å²) in [6.07, 6.45) is 3.46. The van der Waals surface area contributed by atoms with Crippen molar-refractivity contribution in [2.24, 2.45) is 0 Å². The fourth-order valence-electron chi connectivity index (χ4n) is 3.38. The monoisotopic (exact) mass is 455 g/mol. The lowest BCUT2D eigenvalue weighted by Crippen LogP contribution is -2.28. The number of furan rings is 1. The Balaban J connectivity index is 2.11. The van der Waals surface area contributed by atoms with Crippen LogP contribution in [0, 0.1) is 0 Å². The number of likely N-dealkylation sites (N-methyl/N-ethyl adjacent to an activating group) is 1. The molecule has 1 aromatic heterocycles. The Hall–Kier alpha value is -2.53. The van der Waals surface area contributed by atoms with E-state index in [-0.39, 0.29) is 5.91 Å². The first kappa shape index (κ1) is 21.2. The molecule has 0 atom stereocenters.